The van der Waals surface area contributed by atoms with Crippen LogP contribution in [0, 0.1) is 12.8 Å². The molecule has 1 rings (SSSR count). The molecule has 132 valence electrons. The summed E-state index contributed by atoms with van der Waals surface area (Å²) >= 11 is 0. The van der Waals surface area contributed by atoms with Gasteiger partial charge in [-0.3, -0.25) is 9.59 Å². The Bertz CT molecular complexity index is 564. The second-order valence-corrected chi connectivity index (χ2v) is 6.26. The van der Waals surface area contributed by atoms with Crippen molar-refractivity contribution >= 4 is 18.0 Å². The summed E-state index contributed by atoms with van der Waals surface area (Å²) in [7, 11) is 5.27. The third-order valence-corrected chi connectivity index (χ3v) is 3.72. The Morgan fingerprint density at radius 2 is 1.79 bits per heavy atom. The normalized spacial score (nSPS) is 12.4. The number of nitrogens with zero attached hydrogens (tertiary/aromatic N) is 2. The molecule has 0 aromatic heterocycles. The smallest absolute Gasteiger partial charge is 0.310 e. The summed E-state index contributed by atoms with van der Waals surface area (Å²) < 4.78 is 4.75. The van der Waals surface area contributed by atoms with Gasteiger partial charge in [-0.05, 0) is 32.7 Å². The lowest BCUT2D eigenvalue weighted by molar-refractivity contribution is -0.146. The number of likely N-dealkylation sites (N-methyl/N-ethyl adjacent to an activating group) is 1. The van der Waals surface area contributed by atoms with Crippen molar-refractivity contribution in [1.82, 2.24) is 9.80 Å². The summed E-state index contributed by atoms with van der Waals surface area (Å²) in [4.78, 5) is 27.8. The molecule has 5 heteroatoms. The molecule has 1 aromatic rings. The fourth-order valence-corrected chi connectivity index (χ4v) is 2.17. The van der Waals surface area contributed by atoms with Crippen molar-refractivity contribution in [3.63, 3.8) is 0 Å². The highest BCUT2D eigenvalue weighted by molar-refractivity contribution is 5.92. The lowest BCUT2D eigenvalue weighted by Crippen LogP contribution is -2.40. The van der Waals surface area contributed by atoms with E-state index < -0.39 is 0 Å². The zero-order valence-electron chi connectivity index (χ0n) is 15.3. The molecule has 0 heterocycles. The number of hydrogen-bond donors (Lipinski definition) is 0. The van der Waals surface area contributed by atoms with E-state index in [-0.39, 0.29) is 17.8 Å². The predicted octanol–water partition coefficient (Wildman–Crippen LogP) is 2.21. The fraction of sp³-hybridized carbons (Fsp3) is 0.474. The van der Waals surface area contributed by atoms with Crippen LogP contribution in [0.5, 0.6) is 0 Å². The molecule has 0 saturated carbocycles. The van der Waals surface area contributed by atoms with E-state index in [4.69, 9.17) is 4.74 Å². The summed E-state index contributed by atoms with van der Waals surface area (Å²) in [5.41, 5.74) is 2.15. The average molecular weight is 332 g/mol. The molecular formula is C19H28N2O3. The van der Waals surface area contributed by atoms with Crippen LogP contribution >= 0.6 is 0 Å². The molecule has 0 aliphatic heterocycles. The standard InChI is InChI=1S/C19H28N2O3/c1-15-6-8-17(9-7-15)10-11-18(22)21(13-12-20(3)4)14-16(2)19(23)24-5/h6-11,16H,12-14H2,1-5H3/b11-10+. The molecule has 0 radical (unpaired) electrons. The highest BCUT2D eigenvalue weighted by atomic mass is 16.5. The molecule has 0 aliphatic carbocycles. The minimum absolute atomic E-state index is 0.104. The zero-order chi connectivity index (χ0) is 18.1. The van der Waals surface area contributed by atoms with E-state index in [1.165, 1.54) is 12.7 Å². The number of rotatable bonds is 8. The van der Waals surface area contributed by atoms with Gasteiger partial charge in [-0.15, -0.1) is 0 Å². The number of esters is 1. The molecule has 1 unspecified atom stereocenters. The number of ether oxygens (including phenoxy) is 1. The summed E-state index contributed by atoms with van der Waals surface area (Å²) in [5, 5.41) is 0. The Labute approximate surface area is 144 Å². The number of carbonyl (C=O) groups is 2. The van der Waals surface area contributed by atoms with Gasteiger partial charge in [-0.1, -0.05) is 36.8 Å². The molecular weight excluding hydrogens is 304 g/mol. The van der Waals surface area contributed by atoms with Crippen molar-refractivity contribution in [1.29, 1.82) is 0 Å². The minimum atomic E-state index is -0.353. The monoisotopic (exact) mass is 332 g/mol. The lowest BCUT2D eigenvalue weighted by atomic mass is 10.1. The number of methoxy groups -OCH3 is 1. The quantitative estimate of drug-likeness (QED) is 0.541. The second kappa shape index (κ2) is 9.88. The molecule has 5 nitrogen and oxygen atoms in total. The Kier molecular flexibility index (Phi) is 8.19. The predicted molar refractivity (Wildman–Crippen MR) is 96.5 cm³/mol. The number of amides is 1. The molecule has 0 saturated heterocycles. The number of carbonyl (C=O) groups excluding carboxylic acids is 2. The van der Waals surface area contributed by atoms with E-state index in [0.717, 1.165) is 12.1 Å². The van der Waals surface area contributed by atoms with Gasteiger partial charge in [0.2, 0.25) is 5.91 Å². The van der Waals surface area contributed by atoms with E-state index in [1.807, 2.05) is 50.2 Å². The van der Waals surface area contributed by atoms with Gasteiger partial charge in [0.1, 0.15) is 0 Å². The van der Waals surface area contributed by atoms with Crippen molar-refractivity contribution in [2.75, 3.05) is 40.8 Å². The van der Waals surface area contributed by atoms with E-state index in [0.29, 0.717) is 13.1 Å². The lowest BCUT2D eigenvalue weighted by Gasteiger charge is -2.25. The van der Waals surface area contributed by atoms with Crippen LogP contribution in [-0.4, -0.2) is 62.5 Å². The minimum Gasteiger partial charge on any atom is -0.469 e. The molecule has 1 aromatic carbocycles. The van der Waals surface area contributed by atoms with Crippen LogP contribution in [0.25, 0.3) is 6.08 Å². The first-order chi connectivity index (χ1) is 11.3. The van der Waals surface area contributed by atoms with Crippen molar-refractivity contribution in [3.8, 4) is 0 Å². The maximum Gasteiger partial charge on any atom is 0.310 e. The van der Waals surface area contributed by atoms with Crippen LogP contribution in [0.4, 0.5) is 0 Å². The Hall–Kier alpha value is -2.14. The average Bonchev–Trinajstić information content (AvgIpc) is 2.56. The Morgan fingerprint density at radius 3 is 2.33 bits per heavy atom. The van der Waals surface area contributed by atoms with Crippen LogP contribution in [0.1, 0.15) is 18.1 Å². The van der Waals surface area contributed by atoms with Gasteiger partial charge in [0.15, 0.2) is 0 Å². The topological polar surface area (TPSA) is 49.9 Å². The van der Waals surface area contributed by atoms with Gasteiger partial charge in [0.25, 0.3) is 0 Å². The molecule has 24 heavy (non-hydrogen) atoms. The maximum atomic E-state index is 12.5. The van der Waals surface area contributed by atoms with E-state index in [2.05, 4.69) is 0 Å². The molecule has 0 N–H and O–H groups in total. The third kappa shape index (κ3) is 6.96. The third-order valence-electron chi connectivity index (χ3n) is 3.72. The summed E-state index contributed by atoms with van der Waals surface area (Å²) in [6.07, 6.45) is 3.36. The van der Waals surface area contributed by atoms with Gasteiger partial charge in [0.05, 0.1) is 13.0 Å². The van der Waals surface area contributed by atoms with Gasteiger partial charge >= 0.3 is 5.97 Å². The molecule has 1 atom stereocenters. The second-order valence-electron chi connectivity index (χ2n) is 6.26. The van der Waals surface area contributed by atoms with Crippen LogP contribution in [0.2, 0.25) is 0 Å². The number of aryl methyl sites for hydroxylation is 1. The highest BCUT2D eigenvalue weighted by Gasteiger charge is 2.20. The van der Waals surface area contributed by atoms with Gasteiger partial charge in [0, 0.05) is 25.7 Å². The number of hydrogen-bond acceptors (Lipinski definition) is 4. The first kappa shape index (κ1) is 19.9. The first-order valence-corrected chi connectivity index (χ1v) is 8.09. The molecule has 0 spiro atoms. The van der Waals surface area contributed by atoms with E-state index in [9.17, 15) is 9.59 Å². The van der Waals surface area contributed by atoms with E-state index in [1.54, 1.807) is 24.0 Å². The van der Waals surface area contributed by atoms with Gasteiger partial charge in [-0.25, -0.2) is 0 Å². The van der Waals surface area contributed by atoms with Crippen molar-refractivity contribution in [2.24, 2.45) is 5.92 Å². The SMILES string of the molecule is COC(=O)C(C)CN(CCN(C)C)C(=O)/C=C/c1ccc(C)cc1. The summed E-state index contributed by atoms with van der Waals surface area (Å²) in [5.74, 6) is -0.762. The van der Waals surface area contributed by atoms with Crippen LogP contribution < -0.4 is 0 Å². The summed E-state index contributed by atoms with van der Waals surface area (Å²) in [6, 6.07) is 7.96. The largest absolute Gasteiger partial charge is 0.469 e. The van der Waals surface area contributed by atoms with Gasteiger partial charge in [-0.2, -0.15) is 0 Å². The first-order valence-electron chi connectivity index (χ1n) is 8.09. The molecule has 1 amide bonds. The number of benzene rings is 1. The maximum absolute atomic E-state index is 12.5. The van der Waals surface area contributed by atoms with Crippen molar-refractivity contribution < 1.29 is 14.3 Å². The van der Waals surface area contributed by atoms with Gasteiger partial charge < -0.3 is 14.5 Å². The zero-order valence-corrected chi connectivity index (χ0v) is 15.3. The van der Waals surface area contributed by atoms with Crippen LogP contribution in [0.15, 0.2) is 30.3 Å². The Morgan fingerprint density at radius 1 is 1.17 bits per heavy atom. The van der Waals surface area contributed by atoms with Crippen LogP contribution in [-0.2, 0) is 14.3 Å². The van der Waals surface area contributed by atoms with E-state index >= 15 is 0 Å². The molecule has 0 fully saturated rings. The van der Waals surface area contributed by atoms with Crippen molar-refractivity contribution in [2.45, 2.75) is 13.8 Å². The fourth-order valence-electron chi connectivity index (χ4n) is 2.17. The Balaban J connectivity index is 2.77. The van der Waals surface area contributed by atoms with Crippen LogP contribution in [0.3, 0.4) is 0 Å². The molecule has 0 aliphatic rings. The van der Waals surface area contributed by atoms with Crippen molar-refractivity contribution in [3.05, 3.63) is 41.5 Å². The highest BCUT2D eigenvalue weighted by Crippen LogP contribution is 2.07. The summed E-state index contributed by atoms with van der Waals surface area (Å²) in [6.45, 7) is 5.43. The molecule has 0 bridgehead atoms.